The van der Waals surface area contributed by atoms with Gasteiger partial charge in [0.15, 0.2) is 6.29 Å². The summed E-state index contributed by atoms with van der Waals surface area (Å²) in [6.45, 7) is 1.99. The zero-order valence-corrected chi connectivity index (χ0v) is 6.81. The van der Waals surface area contributed by atoms with Gasteiger partial charge in [-0.05, 0) is 23.9 Å². The molecular weight excluding hydrogens is 148 g/mol. The lowest BCUT2D eigenvalue weighted by molar-refractivity contribution is -0.0743. The zero-order valence-electron chi connectivity index (χ0n) is 6.00. The lowest BCUT2D eigenvalue weighted by atomic mass is 10.3. The van der Waals surface area contributed by atoms with Crippen LogP contribution < -0.4 is 0 Å². The van der Waals surface area contributed by atoms with Gasteiger partial charge in [-0.2, -0.15) is 0 Å². The van der Waals surface area contributed by atoms with Gasteiger partial charge in [-0.1, -0.05) is 0 Å². The van der Waals surface area contributed by atoms with Gasteiger partial charge in [0, 0.05) is 7.11 Å². The number of methoxy groups -OCH3 is 1. The molecule has 0 aromatic carbocycles. The van der Waals surface area contributed by atoms with E-state index in [0.717, 1.165) is 10.4 Å². The van der Waals surface area contributed by atoms with Crippen LogP contribution in [0, 0.1) is 6.92 Å². The van der Waals surface area contributed by atoms with Crippen LogP contribution in [0.1, 0.15) is 16.7 Å². The molecule has 1 heterocycles. The van der Waals surface area contributed by atoms with Crippen molar-refractivity contribution < 1.29 is 9.84 Å². The Bertz CT molecular complexity index is 207. The highest BCUT2D eigenvalue weighted by Gasteiger charge is 2.06. The Morgan fingerprint density at radius 1 is 1.70 bits per heavy atom. The van der Waals surface area contributed by atoms with E-state index in [1.807, 2.05) is 18.4 Å². The molecule has 0 spiro atoms. The molecule has 3 heteroatoms. The first-order chi connectivity index (χ1) is 4.74. The number of thiophene rings is 1. The number of rotatable bonds is 2. The van der Waals surface area contributed by atoms with Gasteiger partial charge in [0.2, 0.25) is 0 Å². The molecule has 1 aromatic heterocycles. The molecule has 1 unspecified atom stereocenters. The minimum absolute atomic E-state index is 0.751. The van der Waals surface area contributed by atoms with Crippen LogP contribution in [0.15, 0.2) is 11.4 Å². The Balaban J connectivity index is 2.74. The Labute approximate surface area is 64.1 Å². The van der Waals surface area contributed by atoms with Crippen molar-refractivity contribution in [2.75, 3.05) is 7.11 Å². The molecule has 10 heavy (non-hydrogen) atoms. The van der Waals surface area contributed by atoms with Crippen LogP contribution in [-0.4, -0.2) is 12.2 Å². The molecule has 0 amide bonds. The molecule has 1 N–H and O–H groups in total. The van der Waals surface area contributed by atoms with Crippen LogP contribution in [0.4, 0.5) is 0 Å². The van der Waals surface area contributed by atoms with Gasteiger partial charge in [-0.15, -0.1) is 11.3 Å². The highest BCUT2D eigenvalue weighted by atomic mass is 32.1. The van der Waals surface area contributed by atoms with Crippen LogP contribution in [0.25, 0.3) is 0 Å². The van der Waals surface area contributed by atoms with Crippen LogP contribution in [0.3, 0.4) is 0 Å². The van der Waals surface area contributed by atoms with E-state index in [9.17, 15) is 0 Å². The van der Waals surface area contributed by atoms with Crippen molar-refractivity contribution in [1.82, 2.24) is 0 Å². The minimum Gasteiger partial charge on any atom is -0.364 e. The van der Waals surface area contributed by atoms with Crippen LogP contribution in [0.5, 0.6) is 0 Å². The first kappa shape index (κ1) is 7.72. The van der Waals surface area contributed by atoms with Gasteiger partial charge in [-0.25, -0.2) is 0 Å². The predicted octanol–water partition coefficient (Wildman–Crippen LogP) is 1.69. The molecule has 1 rings (SSSR count). The number of aliphatic hydroxyl groups is 1. The number of hydrogen-bond acceptors (Lipinski definition) is 3. The average Bonchev–Trinajstić information content (AvgIpc) is 2.34. The molecule has 0 fully saturated rings. The second-order valence-corrected chi connectivity index (χ2v) is 3.06. The minimum atomic E-state index is -0.751. The number of hydrogen-bond donors (Lipinski definition) is 1. The molecule has 1 aromatic rings. The number of aryl methyl sites for hydroxylation is 1. The van der Waals surface area contributed by atoms with E-state index in [-0.39, 0.29) is 0 Å². The summed E-state index contributed by atoms with van der Waals surface area (Å²) in [6.07, 6.45) is -0.751. The summed E-state index contributed by atoms with van der Waals surface area (Å²) >= 11 is 1.51. The van der Waals surface area contributed by atoms with Crippen LogP contribution >= 0.6 is 11.3 Å². The first-order valence-corrected chi connectivity index (χ1v) is 3.88. The maximum atomic E-state index is 9.13. The Hall–Kier alpha value is -0.380. The highest BCUT2D eigenvalue weighted by molar-refractivity contribution is 7.10. The molecule has 0 radical (unpaired) electrons. The van der Waals surface area contributed by atoms with Crippen molar-refractivity contribution in [2.45, 2.75) is 13.2 Å². The summed E-state index contributed by atoms with van der Waals surface area (Å²) in [5.41, 5.74) is 1.16. The molecule has 0 aliphatic rings. The maximum absolute atomic E-state index is 9.13. The van der Waals surface area contributed by atoms with E-state index in [1.54, 1.807) is 0 Å². The Kier molecular flexibility index (Phi) is 2.43. The van der Waals surface area contributed by atoms with E-state index in [2.05, 4.69) is 0 Å². The normalized spacial score (nSPS) is 13.5. The molecule has 56 valence electrons. The van der Waals surface area contributed by atoms with Gasteiger partial charge >= 0.3 is 0 Å². The van der Waals surface area contributed by atoms with Crippen molar-refractivity contribution in [3.05, 3.63) is 21.9 Å². The standard InChI is InChI=1S/C7H10O2S/c1-5-3-6(10-4-5)7(8)9-2/h3-4,7-8H,1-2H3. The summed E-state index contributed by atoms with van der Waals surface area (Å²) in [5.74, 6) is 0. The highest BCUT2D eigenvalue weighted by Crippen LogP contribution is 2.21. The average molecular weight is 158 g/mol. The Morgan fingerprint density at radius 3 is 2.80 bits per heavy atom. The fourth-order valence-corrected chi connectivity index (χ4v) is 1.56. The maximum Gasteiger partial charge on any atom is 0.190 e. The monoisotopic (exact) mass is 158 g/mol. The molecule has 0 saturated carbocycles. The van der Waals surface area contributed by atoms with E-state index >= 15 is 0 Å². The quantitative estimate of drug-likeness (QED) is 0.664. The van der Waals surface area contributed by atoms with Gasteiger partial charge in [0.1, 0.15) is 0 Å². The fraction of sp³-hybridized carbons (Fsp3) is 0.429. The molecule has 0 aliphatic carbocycles. The fourth-order valence-electron chi connectivity index (χ4n) is 0.699. The zero-order chi connectivity index (χ0) is 7.56. The van der Waals surface area contributed by atoms with E-state index < -0.39 is 6.29 Å². The summed E-state index contributed by atoms with van der Waals surface area (Å²) in [6, 6.07) is 1.92. The molecule has 0 bridgehead atoms. The first-order valence-electron chi connectivity index (χ1n) is 3.00. The molecule has 2 nitrogen and oxygen atoms in total. The van der Waals surface area contributed by atoms with Crippen molar-refractivity contribution in [1.29, 1.82) is 0 Å². The molecule has 1 atom stereocenters. The molecule has 0 saturated heterocycles. The summed E-state index contributed by atoms with van der Waals surface area (Å²) in [5, 5.41) is 11.1. The van der Waals surface area contributed by atoms with Crippen LogP contribution in [0.2, 0.25) is 0 Å². The third-order valence-corrected chi connectivity index (χ3v) is 2.30. The second-order valence-electron chi connectivity index (χ2n) is 2.11. The number of ether oxygens (including phenoxy) is 1. The molecule has 0 aliphatic heterocycles. The lowest BCUT2D eigenvalue weighted by Gasteiger charge is -2.03. The predicted molar refractivity (Wildman–Crippen MR) is 41.0 cm³/mol. The van der Waals surface area contributed by atoms with Crippen LogP contribution in [-0.2, 0) is 4.74 Å². The molecular formula is C7H10O2S. The van der Waals surface area contributed by atoms with Gasteiger partial charge in [0.05, 0.1) is 4.88 Å². The number of aliphatic hydroxyl groups excluding tert-OH is 1. The SMILES string of the molecule is COC(O)c1cc(C)cs1. The van der Waals surface area contributed by atoms with Crippen molar-refractivity contribution in [3.63, 3.8) is 0 Å². The van der Waals surface area contributed by atoms with Crippen molar-refractivity contribution >= 4 is 11.3 Å². The third kappa shape index (κ3) is 1.56. The van der Waals surface area contributed by atoms with Crippen molar-refractivity contribution in [2.24, 2.45) is 0 Å². The second kappa shape index (κ2) is 3.14. The van der Waals surface area contributed by atoms with Gasteiger partial charge in [0.25, 0.3) is 0 Å². The van der Waals surface area contributed by atoms with E-state index in [0.29, 0.717) is 0 Å². The van der Waals surface area contributed by atoms with Gasteiger partial charge < -0.3 is 9.84 Å². The topological polar surface area (TPSA) is 29.5 Å². The van der Waals surface area contributed by atoms with E-state index in [1.165, 1.54) is 18.4 Å². The smallest absolute Gasteiger partial charge is 0.190 e. The summed E-state index contributed by atoms with van der Waals surface area (Å²) in [7, 11) is 1.49. The van der Waals surface area contributed by atoms with Crippen molar-refractivity contribution in [3.8, 4) is 0 Å². The summed E-state index contributed by atoms with van der Waals surface area (Å²) in [4.78, 5) is 0.861. The third-order valence-electron chi connectivity index (χ3n) is 1.22. The Morgan fingerprint density at radius 2 is 2.40 bits per heavy atom. The lowest BCUT2D eigenvalue weighted by Crippen LogP contribution is -1.95. The largest absolute Gasteiger partial charge is 0.364 e. The van der Waals surface area contributed by atoms with Gasteiger partial charge in [-0.3, -0.25) is 0 Å². The summed E-state index contributed by atoms with van der Waals surface area (Å²) < 4.78 is 4.72. The van der Waals surface area contributed by atoms with E-state index in [4.69, 9.17) is 9.84 Å².